The second-order valence-corrected chi connectivity index (χ2v) is 4.05. The summed E-state index contributed by atoms with van der Waals surface area (Å²) in [5.74, 6) is -1.27. The Morgan fingerprint density at radius 3 is 2.10 bits per heavy atom. The first-order valence-corrected chi connectivity index (χ1v) is 6.60. The van der Waals surface area contributed by atoms with Crippen LogP contribution >= 0.6 is 0 Å². The molecule has 0 aromatic heterocycles. The van der Waals surface area contributed by atoms with E-state index in [1.807, 2.05) is 13.8 Å². The van der Waals surface area contributed by atoms with Gasteiger partial charge in [-0.25, -0.2) is 20.0 Å². The Hall–Kier alpha value is -1.99. The number of hydrogen-bond acceptors (Lipinski definition) is 5. The minimum atomic E-state index is -1.27. The molecule has 0 aromatic carbocycles. The van der Waals surface area contributed by atoms with Crippen LogP contribution in [0.1, 0.15) is 39.5 Å². The SMILES string of the molecule is CCCCOC(=O)NN(CC(=O)O)C(=O)OCCCC. The van der Waals surface area contributed by atoms with Crippen molar-refractivity contribution in [1.82, 2.24) is 10.4 Å². The van der Waals surface area contributed by atoms with Crippen molar-refractivity contribution in [3.8, 4) is 0 Å². The molecule has 0 atom stereocenters. The molecule has 0 aliphatic heterocycles. The molecule has 0 aliphatic rings. The van der Waals surface area contributed by atoms with Crippen LogP contribution in [0.25, 0.3) is 0 Å². The fraction of sp³-hybridized carbons (Fsp3) is 0.750. The molecule has 0 saturated heterocycles. The van der Waals surface area contributed by atoms with Gasteiger partial charge in [0.2, 0.25) is 0 Å². The van der Waals surface area contributed by atoms with Crippen LogP contribution in [0.15, 0.2) is 0 Å². The first-order valence-electron chi connectivity index (χ1n) is 6.60. The summed E-state index contributed by atoms with van der Waals surface area (Å²) < 4.78 is 9.60. The van der Waals surface area contributed by atoms with E-state index in [4.69, 9.17) is 14.6 Å². The summed E-state index contributed by atoms with van der Waals surface area (Å²) in [5, 5.41) is 9.27. The van der Waals surface area contributed by atoms with Crippen molar-refractivity contribution in [1.29, 1.82) is 0 Å². The van der Waals surface area contributed by atoms with Crippen LogP contribution in [-0.2, 0) is 14.3 Å². The molecule has 0 radical (unpaired) electrons. The van der Waals surface area contributed by atoms with Gasteiger partial charge in [0.25, 0.3) is 0 Å². The van der Waals surface area contributed by atoms with Crippen molar-refractivity contribution >= 4 is 18.2 Å². The number of carbonyl (C=O) groups is 3. The highest BCUT2D eigenvalue weighted by atomic mass is 16.6. The van der Waals surface area contributed by atoms with Gasteiger partial charge in [-0.3, -0.25) is 4.79 Å². The number of nitrogens with zero attached hydrogens (tertiary/aromatic N) is 1. The van der Waals surface area contributed by atoms with E-state index in [1.54, 1.807) is 0 Å². The zero-order valence-electron chi connectivity index (χ0n) is 11.9. The van der Waals surface area contributed by atoms with E-state index in [2.05, 4.69) is 5.43 Å². The highest BCUT2D eigenvalue weighted by molar-refractivity contribution is 5.79. The number of rotatable bonds is 8. The van der Waals surface area contributed by atoms with Crippen LogP contribution in [0.3, 0.4) is 0 Å². The van der Waals surface area contributed by atoms with Crippen molar-refractivity contribution in [2.75, 3.05) is 19.8 Å². The number of carboxylic acids is 1. The number of ether oxygens (including phenoxy) is 2. The number of nitrogens with one attached hydrogen (secondary N) is 1. The van der Waals surface area contributed by atoms with Crippen molar-refractivity contribution in [2.24, 2.45) is 0 Å². The summed E-state index contributed by atoms with van der Waals surface area (Å²) in [6.45, 7) is 3.52. The fourth-order valence-electron chi connectivity index (χ4n) is 1.12. The largest absolute Gasteiger partial charge is 0.480 e. The van der Waals surface area contributed by atoms with E-state index in [-0.39, 0.29) is 13.2 Å². The summed E-state index contributed by atoms with van der Waals surface area (Å²) >= 11 is 0. The lowest BCUT2D eigenvalue weighted by atomic mass is 10.4. The van der Waals surface area contributed by atoms with Crippen LogP contribution < -0.4 is 5.43 Å². The molecule has 0 saturated carbocycles. The van der Waals surface area contributed by atoms with E-state index in [0.717, 1.165) is 12.8 Å². The van der Waals surface area contributed by atoms with E-state index >= 15 is 0 Å². The van der Waals surface area contributed by atoms with E-state index in [9.17, 15) is 14.4 Å². The third kappa shape index (κ3) is 9.01. The molecule has 8 nitrogen and oxygen atoms in total. The number of hydrazine groups is 1. The predicted octanol–water partition coefficient (Wildman–Crippen LogP) is 1.75. The monoisotopic (exact) mass is 290 g/mol. The van der Waals surface area contributed by atoms with E-state index in [1.165, 1.54) is 0 Å². The highest BCUT2D eigenvalue weighted by Gasteiger charge is 2.21. The second-order valence-electron chi connectivity index (χ2n) is 4.05. The van der Waals surface area contributed by atoms with Gasteiger partial charge in [-0.2, -0.15) is 0 Å². The highest BCUT2D eigenvalue weighted by Crippen LogP contribution is 1.96. The first kappa shape index (κ1) is 18.0. The number of carbonyl (C=O) groups excluding carboxylic acids is 2. The molecule has 116 valence electrons. The topological polar surface area (TPSA) is 105 Å². The van der Waals surface area contributed by atoms with E-state index < -0.39 is 24.7 Å². The van der Waals surface area contributed by atoms with Gasteiger partial charge in [0.15, 0.2) is 0 Å². The lowest BCUT2D eigenvalue weighted by molar-refractivity contribution is -0.138. The van der Waals surface area contributed by atoms with Gasteiger partial charge in [0, 0.05) is 0 Å². The van der Waals surface area contributed by atoms with Crippen LogP contribution in [-0.4, -0.2) is 48.0 Å². The fourth-order valence-corrected chi connectivity index (χ4v) is 1.12. The molecule has 20 heavy (non-hydrogen) atoms. The number of hydrogen-bond donors (Lipinski definition) is 2. The average molecular weight is 290 g/mol. The average Bonchev–Trinajstić information content (AvgIpc) is 2.38. The zero-order valence-corrected chi connectivity index (χ0v) is 11.9. The third-order valence-electron chi connectivity index (χ3n) is 2.19. The standard InChI is InChI=1S/C12H22N2O6/c1-3-5-7-19-11(17)13-14(9-10(15)16)12(18)20-8-6-4-2/h3-9H2,1-2H3,(H,13,17)(H,15,16). The summed E-state index contributed by atoms with van der Waals surface area (Å²) in [5.41, 5.74) is 2.05. The van der Waals surface area contributed by atoms with E-state index in [0.29, 0.717) is 17.9 Å². The molecule has 0 fully saturated rings. The van der Waals surface area contributed by atoms with Crippen LogP contribution in [0.4, 0.5) is 9.59 Å². The summed E-state index contributed by atoms with van der Waals surface area (Å²) in [6, 6.07) is 0. The van der Waals surface area contributed by atoms with Gasteiger partial charge < -0.3 is 14.6 Å². The quantitative estimate of drug-likeness (QED) is 0.521. The molecule has 2 N–H and O–H groups in total. The Morgan fingerprint density at radius 1 is 1.05 bits per heavy atom. The van der Waals surface area contributed by atoms with Gasteiger partial charge in [-0.05, 0) is 12.8 Å². The lowest BCUT2D eigenvalue weighted by Crippen LogP contribution is -2.49. The molecular weight excluding hydrogens is 268 g/mol. The third-order valence-corrected chi connectivity index (χ3v) is 2.19. The Bertz CT molecular complexity index is 321. The maximum Gasteiger partial charge on any atom is 0.429 e. The van der Waals surface area contributed by atoms with Crippen molar-refractivity contribution in [3.05, 3.63) is 0 Å². The van der Waals surface area contributed by atoms with Gasteiger partial charge in [-0.1, -0.05) is 26.7 Å². The van der Waals surface area contributed by atoms with Crippen LogP contribution in [0, 0.1) is 0 Å². The molecule has 0 aromatic rings. The number of carboxylic acid groups (broad SMARTS) is 1. The molecule has 0 heterocycles. The summed E-state index contributed by atoms with van der Waals surface area (Å²) in [4.78, 5) is 33.6. The van der Waals surface area contributed by atoms with Gasteiger partial charge in [0.1, 0.15) is 6.54 Å². The summed E-state index contributed by atoms with van der Waals surface area (Å²) in [6.07, 6.45) is 1.23. The molecule has 0 bridgehead atoms. The minimum Gasteiger partial charge on any atom is -0.480 e. The Kier molecular flexibility index (Phi) is 9.81. The minimum absolute atomic E-state index is 0.165. The van der Waals surface area contributed by atoms with Gasteiger partial charge in [0.05, 0.1) is 13.2 Å². The lowest BCUT2D eigenvalue weighted by Gasteiger charge is -2.20. The maximum atomic E-state index is 11.6. The van der Waals surface area contributed by atoms with Gasteiger partial charge in [-0.15, -0.1) is 0 Å². The van der Waals surface area contributed by atoms with Crippen molar-refractivity contribution in [2.45, 2.75) is 39.5 Å². The zero-order chi connectivity index (χ0) is 15.4. The Balaban J connectivity index is 4.28. The molecule has 0 spiro atoms. The Labute approximate surface area is 118 Å². The van der Waals surface area contributed by atoms with Crippen LogP contribution in [0.2, 0.25) is 0 Å². The van der Waals surface area contributed by atoms with Crippen molar-refractivity contribution in [3.63, 3.8) is 0 Å². The molecular formula is C12H22N2O6. The number of unbranched alkanes of at least 4 members (excludes halogenated alkanes) is 2. The maximum absolute atomic E-state index is 11.6. The normalized spacial score (nSPS) is 9.70. The molecule has 8 heteroatoms. The van der Waals surface area contributed by atoms with Crippen LogP contribution in [0.5, 0.6) is 0 Å². The number of amides is 2. The molecule has 2 amide bonds. The number of aliphatic carboxylic acids is 1. The Morgan fingerprint density at radius 2 is 1.60 bits per heavy atom. The molecule has 0 rings (SSSR count). The predicted molar refractivity (Wildman–Crippen MR) is 70.0 cm³/mol. The second kappa shape index (κ2) is 10.9. The van der Waals surface area contributed by atoms with Gasteiger partial charge >= 0.3 is 18.2 Å². The molecule has 0 aliphatic carbocycles. The smallest absolute Gasteiger partial charge is 0.429 e. The van der Waals surface area contributed by atoms with Crippen molar-refractivity contribution < 1.29 is 29.0 Å². The summed E-state index contributed by atoms with van der Waals surface area (Å²) in [7, 11) is 0. The first-order chi connectivity index (χ1) is 9.51. The molecule has 0 unspecified atom stereocenters.